The van der Waals surface area contributed by atoms with Crippen LogP contribution < -0.4 is 15.4 Å². The van der Waals surface area contributed by atoms with Crippen molar-refractivity contribution in [3.8, 4) is 5.75 Å². The Morgan fingerprint density at radius 3 is 2.33 bits per heavy atom. The van der Waals surface area contributed by atoms with Crippen LogP contribution in [0.25, 0.3) is 0 Å². The number of nitrogens with one attached hydrogen (secondary N) is 2. The van der Waals surface area contributed by atoms with E-state index in [-0.39, 0.29) is 24.5 Å². The summed E-state index contributed by atoms with van der Waals surface area (Å²) in [5.41, 5.74) is 1.04. The van der Waals surface area contributed by atoms with Gasteiger partial charge in [0.1, 0.15) is 5.75 Å². The lowest BCUT2D eigenvalue weighted by molar-refractivity contribution is -0.126. The van der Waals surface area contributed by atoms with E-state index in [9.17, 15) is 14.4 Å². The molecule has 1 unspecified atom stereocenters. The second-order valence-electron chi connectivity index (χ2n) is 4.60. The largest absolute Gasteiger partial charge is 0.413 e. The number of rotatable bonds is 6. The van der Waals surface area contributed by atoms with Gasteiger partial charge in [-0.05, 0) is 19.1 Å². The van der Waals surface area contributed by atoms with Crippen LogP contribution in [0, 0.1) is 6.92 Å². The smallest absolute Gasteiger partial charge is 0.410 e. The molecule has 0 saturated carbocycles. The van der Waals surface area contributed by atoms with Crippen LogP contribution in [-0.2, 0) is 9.59 Å². The van der Waals surface area contributed by atoms with E-state index in [1.807, 2.05) is 19.1 Å². The Morgan fingerprint density at radius 2 is 1.81 bits per heavy atom. The predicted octanol–water partition coefficient (Wildman–Crippen LogP) is 1.57. The number of carbonyl (C=O) groups excluding carboxylic acids is 3. The van der Waals surface area contributed by atoms with E-state index in [4.69, 9.17) is 4.74 Å². The molecule has 1 aromatic carbocycles. The summed E-state index contributed by atoms with van der Waals surface area (Å²) in [7, 11) is 1.47. The van der Waals surface area contributed by atoms with Crippen molar-refractivity contribution in [2.45, 2.75) is 32.7 Å². The SMILES string of the molecule is CCC(=O)C(CC(=O)NC)NC(=O)Oc1ccc(C)cc1. The molecular weight excluding hydrogens is 272 g/mol. The van der Waals surface area contributed by atoms with Crippen LogP contribution in [0.1, 0.15) is 25.3 Å². The molecule has 0 saturated heterocycles. The number of hydrogen-bond acceptors (Lipinski definition) is 4. The number of carbonyl (C=O) groups is 3. The number of aryl methyl sites for hydroxylation is 1. The van der Waals surface area contributed by atoms with Crippen molar-refractivity contribution in [3.63, 3.8) is 0 Å². The first kappa shape index (κ1) is 16.7. The van der Waals surface area contributed by atoms with Crippen molar-refractivity contribution >= 4 is 17.8 Å². The van der Waals surface area contributed by atoms with Crippen LogP contribution in [0.3, 0.4) is 0 Å². The van der Waals surface area contributed by atoms with Gasteiger partial charge in [-0.3, -0.25) is 9.59 Å². The van der Waals surface area contributed by atoms with Crippen LogP contribution >= 0.6 is 0 Å². The molecule has 0 fully saturated rings. The van der Waals surface area contributed by atoms with Gasteiger partial charge in [0.15, 0.2) is 5.78 Å². The number of benzene rings is 1. The molecule has 114 valence electrons. The molecule has 1 rings (SSSR count). The summed E-state index contributed by atoms with van der Waals surface area (Å²) in [6.07, 6.45) is -0.631. The highest BCUT2D eigenvalue weighted by Gasteiger charge is 2.22. The number of ketones is 1. The standard InChI is InChI=1S/C15H20N2O4/c1-4-13(18)12(9-14(19)16-3)17-15(20)21-11-7-5-10(2)6-8-11/h5-8,12H,4,9H2,1-3H3,(H,16,19)(H,17,20). The number of amides is 2. The average Bonchev–Trinajstić information content (AvgIpc) is 2.47. The van der Waals surface area contributed by atoms with Gasteiger partial charge in [0, 0.05) is 13.5 Å². The number of hydrogen-bond donors (Lipinski definition) is 2. The molecule has 0 heterocycles. The lowest BCUT2D eigenvalue weighted by Gasteiger charge is -2.16. The van der Waals surface area contributed by atoms with E-state index in [0.717, 1.165) is 5.56 Å². The van der Waals surface area contributed by atoms with E-state index < -0.39 is 12.1 Å². The third kappa shape index (κ3) is 5.64. The van der Waals surface area contributed by atoms with E-state index in [1.54, 1.807) is 19.1 Å². The Morgan fingerprint density at radius 1 is 1.19 bits per heavy atom. The average molecular weight is 292 g/mol. The summed E-state index contributed by atoms with van der Waals surface area (Å²) in [6, 6.07) is 6.05. The highest BCUT2D eigenvalue weighted by molar-refractivity contribution is 5.92. The molecular formula is C15H20N2O4. The van der Waals surface area contributed by atoms with E-state index in [2.05, 4.69) is 10.6 Å². The fourth-order valence-electron chi connectivity index (χ4n) is 1.66. The summed E-state index contributed by atoms with van der Waals surface area (Å²) < 4.78 is 5.08. The minimum absolute atomic E-state index is 0.105. The topological polar surface area (TPSA) is 84.5 Å². The van der Waals surface area contributed by atoms with Crippen LogP contribution in [0.5, 0.6) is 5.75 Å². The maximum Gasteiger partial charge on any atom is 0.413 e. The van der Waals surface area contributed by atoms with Gasteiger partial charge in [-0.15, -0.1) is 0 Å². The molecule has 0 bridgehead atoms. The second-order valence-corrected chi connectivity index (χ2v) is 4.60. The molecule has 0 aliphatic carbocycles. The summed E-state index contributed by atoms with van der Waals surface area (Å²) in [5.74, 6) is -0.169. The van der Waals surface area contributed by atoms with Crippen molar-refractivity contribution in [1.82, 2.24) is 10.6 Å². The Labute approximate surface area is 123 Å². The zero-order chi connectivity index (χ0) is 15.8. The van der Waals surface area contributed by atoms with Gasteiger partial charge in [0.05, 0.1) is 12.5 Å². The maximum absolute atomic E-state index is 11.8. The Balaban J connectivity index is 2.64. The van der Waals surface area contributed by atoms with Crippen LogP contribution in [0.15, 0.2) is 24.3 Å². The summed E-state index contributed by atoms with van der Waals surface area (Å²) in [5, 5.41) is 4.84. The first-order chi connectivity index (χ1) is 9.96. The molecule has 0 spiro atoms. The Bertz CT molecular complexity index is 511. The molecule has 0 aromatic heterocycles. The molecule has 21 heavy (non-hydrogen) atoms. The molecule has 0 aliphatic rings. The molecule has 6 heteroatoms. The lowest BCUT2D eigenvalue weighted by atomic mass is 10.1. The zero-order valence-electron chi connectivity index (χ0n) is 12.4. The second kappa shape index (κ2) is 8.04. The van der Waals surface area contributed by atoms with E-state index >= 15 is 0 Å². The van der Waals surface area contributed by atoms with Gasteiger partial charge in [0.2, 0.25) is 5.91 Å². The normalized spacial score (nSPS) is 11.4. The third-order valence-electron chi connectivity index (χ3n) is 2.93. The van der Waals surface area contributed by atoms with Gasteiger partial charge >= 0.3 is 6.09 Å². The molecule has 2 N–H and O–H groups in total. The van der Waals surface area contributed by atoms with Crippen molar-refractivity contribution in [1.29, 1.82) is 0 Å². The summed E-state index contributed by atoms with van der Waals surface area (Å²) >= 11 is 0. The highest BCUT2D eigenvalue weighted by atomic mass is 16.6. The predicted molar refractivity (Wildman–Crippen MR) is 78.1 cm³/mol. The quantitative estimate of drug-likeness (QED) is 0.833. The van der Waals surface area contributed by atoms with Gasteiger partial charge in [-0.25, -0.2) is 4.79 Å². The van der Waals surface area contributed by atoms with E-state index in [1.165, 1.54) is 7.05 Å². The molecule has 6 nitrogen and oxygen atoms in total. The fraction of sp³-hybridized carbons (Fsp3) is 0.400. The first-order valence-corrected chi connectivity index (χ1v) is 6.74. The summed E-state index contributed by atoms with van der Waals surface area (Å²) in [6.45, 7) is 3.59. The highest BCUT2D eigenvalue weighted by Crippen LogP contribution is 2.11. The monoisotopic (exact) mass is 292 g/mol. The van der Waals surface area contributed by atoms with Crippen LogP contribution in [-0.4, -0.2) is 30.9 Å². The minimum atomic E-state index is -0.882. The minimum Gasteiger partial charge on any atom is -0.410 e. The molecule has 1 atom stereocenters. The molecule has 0 radical (unpaired) electrons. The van der Waals surface area contributed by atoms with Crippen LogP contribution in [0.4, 0.5) is 4.79 Å². The van der Waals surface area contributed by atoms with Crippen molar-refractivity contribution in [2.24, 2.45) is 0 Å². The molecule has 1 aromatic rings. The third-order valence-corrected chi connectivity index (χ3v) is 2.93. The summed E-state index contributed by atoms with van der Waals surface area (Å²) in [4.78, 5) is 34.9. The number of ether oxygens (including phenoxy) is 1. The molecule has 0 aliphatic heterocycles. The van der Waals surface area contributed by atoms with Crippen molar-refractivity contribution in [2.75, 3.05) is 7.05 Å². The lowest BCUT2D eigenvalue weighted by Crippen LogP contribution is -2.44. The van der Waals surface area contributed by atoms with E-state index in [0.29, 0.717) is 5.75 Å². The van der Waals surface area contributed by atoms with Gasteiger partial charge in [-0.2, -0.15) is 0 Å². The van der Waals surface area contributed by atoms with Crippen molar-refractivity contribution in [3.05, 3.63) is 29.8 Å². The molecule has 2 amide bonds. The van der Waals surface area contributed by atoms with Crippen molar-refractivity contribution < 1.29 is 19.1 Å². The first-order valence-electron chi connectivity index (χ1n) is 6.74. The van der Waals surface area contributed by atoms with Crippen LogP contribution in [0.2, 0.25) is 0 Å². The van der Waals surface area contributed by atoms with Gasteiger partial charge < -0.3 is 15.4 Å². The Kier molecular flexibility index (Phi) is 6.39. The Hall–Kier alpha value is -2.37. The van der Waals surface area contributed by atoms with Gasteiger partial charge in [0.25, 0.3) is 0 Å². The van der Waals surface area contributed by atoms with Gasteiger partial charge in [-0.1, -0.05) is 24.6 Å². The fourth-order valence-corrected chi connectivity index (χ4v) is 1.66. The number of Topliss-reactive ketones (excluding diaryl/α,β-unsaturated/α-hetero) is 1. The zero-order valence-corrected chi connectivity index (χ0v) is 12.4. The maximum atomic E-state index is 11.8.